The van der Waals surface area contributed by atoms with E-state index in [-0.39, 0.29) is 0 Å². The lowest BCUT2D eigenvalue weighted by Gasteiger charge is -2.21. The monoisotopic (exact) mass is 367 g/mol. The van der Waals surface area contributed by atoms with Gasteiger partial charge in [0.05, 0.1) is 0 Å². The summed E-state index contributed by atoms with van der Waals surface area (Å²) in [6.07, 6.45) is 1.06. The first kappa shape index (κ1) is 14.4. The Labute approximate surface area is 115 Å². The van der Waals surface area contributed by atoms with Crippen LogP contribution in [0, 0.1) is 3.57 Å². The summed E-state index contributed by atoms with van der Waals surface area (Å²) in [4.78, 5) is 11.9. The van der Waals surface area contributed by atoms with Crippen LogP contribution in [0.15, 0.2) is 24.3 Å². The number of anilines is 1. The van der Waals surface area contributed by atoms with Crippen LogP contribution >= 0.6 is 22.6 Å². The molecule has 1 amide bonds. The molecule has 0 bridgehead atoms. The number of rotatable bonds is 3. The Morgan fingerprint density at radius 2 is 1.94 bits per heavy atom. The van der Waals surface area contributed by atoms with Gasteiger partial charge in [-0.3, -0.25) is 4.79 Å². The highest BCUT2D eigenvalue weighted by Gasteiger charge is 2.38. The molecule has 0 spiro atoms. The number of sulfone groups is 1. The van der Waals surface area contributed by atoms with Crippen LogP contribution in [-0.2, 0) is 14.6 Å². The van der Waals surface area contributed by atoms with Gasteiger partial charge in [0.25, 0.3) is 0 Å². The van der Waals surface area contributed by atoms with Crippen LogP contribution in [0.2, 0.25) is 0 Å². The van der Waals surface area contributed by atoms with Gasteiger partial charge in [-0.05, 0) is 54.6 Å². The van der Waals surface area contributed by atoms with E-state index in [1.165, 1.54) is 13.8 Å². The molecule has 0 aliphatic rings. The summed E-state index contributed by atoms with van der Waals surface area (Å²) in [7, 11) is -3.45. The van der Waals surface area contributed by atoms with Gasteiger partial charge in [0, 0.05) is 15.5 Å². The normalized spacial score (nSPS) is 12.2. The number of benzene rings is 1. The van der Waals surface area contributed by atoms with Gasteiger partial charge < -0.3 is 5.32 Å². The molecule has 94 valence electrons. The van der Waals surface area contributed by atoms with Crippen molar-refractivity contribution in [3.05, 3.63) is 27.8 Å². The summed E-state index contributed by atoms with van der Waals surface area (Å²) in [5.74, 6) is -0.526. The second-order valence-electron chi connectivity index (χ2n) is 4.25. The van der Waals surface area contributed by atoms with Crippen LogP contribution in [0.25, 0.3) is 0 Å². The van der Waals surface area contributed by atoms with Crippen molar-refractivity contribution in [3.63, 3.8) is 0 Å². The first-order valence-electron chi connectivity index (χ1n) is 4.91. The lowest BCUT2D eigenvalue weighted by Crippen LogP contribution is -2.43. The highest BCUT2D eigenvalue weighted by molar-refractivity contribution is 14.1. The summed E-state index contributed by atoms with van der Waals surface area (Å²) in [5.41, 5.74) is 0.596. The molecule has 0 saturated heterocycles. The molecule has 1 aromatic rings. The largest absolute Gasteiger partial charge is 0.325 e. The quantitative estimate of drug-likeness (QED) is 0.832. The van der Waals surface area contributed by atoms with Crippen molar-refractivity contribution in [3.8, 4) is 0 Å². The summed E-state index contributed by atoms with van der Waals surface area (Å²) >= 11 is 2.12. The van der Waals surface area contributed by atoms with Crippen molar-refractivity contribution < 1.29 is 13.2 Å². The molecule has 1 aromatic carbocycles. The third-order valence-corrected chi connectivity index (χ3v) is 5.27. The molecule has 0 aliphatic heterocycles. The zero-order valence-corrected chi connectivity index (χ0v) is 12.8. The Morgan fingerprint density at radius 3 is 2.41 bits per heavy atom. The van der Waals surface area contributed by atoms with E-state index in [4.69, 9.17) is 0 Å². The molecule has 1 rings (SSSR count). The number of carbonyl (C=O) groups excluding carboxylic acids is 1. The number of carbonyl (C=O) groups is 1. The number of amides is 1. The van der Waals surface area contributed by atoms with E-state index in [2.05, 4.69) is 27.9 Å². The lowest BCUT2D eigenvalue weighted by atomic mass is 10.2. The molecule has 0 unspecified atom stereocenters. The van der Waals surface area contributed by atoms with Crippen molar-refractivity contribution >= 4 is 44.0 Å². The Balaban J connectivity index is 2.95. The van der Waals surface area contributed by atoms with Crippen LogP contribution in [0.5, 0.6) is 0 Å². The van der Waals surface area contributed by atoms with Crippen molar-refractivity contribution in [1.82, 2.24) is 0 Å². The molecule has 0 aromatic heterocycles. The Kier molecular flexibility index (Phi) is 4.19. The molecule has 0 radical (unpaired) electrons. The predicted octanol–water partition coefficient (Wildman–Crippen LogP) is 2.05. The number of hydrogen-bond acceptors (Lipinski definition) is 3. The third kappa shape index (κ3) is 3.41. The van der Waals surface area contributed by atoms with Gasteiger partial charge in [-0.2, -0.15) is 0 Å². The van der Waals surface area contributed by atoms with Crippen LogP contribution in [0.1, 0.15) is 13.8 Å². The second-order valence-corrected chi connectivity index (χ2v) is 8.06. The minimum absolute atomic E-state index is 0.526. The van der Waals surface area contributed by atoms with Crippen LogP contribution in [-0.4, -0.2) is 25.3 Å². The fraction of sp³-hybridized carbons (Fsp3) is 0.364. The highest BCUT2D eigenvalue weighted by atomic mass is 127. The third-order valence-electron chi connectivity index (χ3n) is 2.56. The second kappa shape index (κ2) is 4.93. The van der Waals surface area contributed by atoms with Gasteiger partial charge >= 0.3 is 0 Å². The van der Waals surface area contributed by atoms with E-state index >= 15 is 0 Å². The topological polar surface area (TPSA) is 63.2 Å². The average Bonchev–Trinajstić information content (AvgIpc) is 2.15. The number of hydrogen-bond donors (Lipinski definition) is 1. The molecular weight excluding hydrogens is 353 g/mol. The van der Waals surface area contributed by atoms with Gasteiger partial charge in [0.15, 0.2) is 9.84 Å². The van der Waals surface area contributed by atoms with E-state index < -0.39 is 20.5 Å². The summed E-state index contributed by atoms with van der Waals surface area (Å²) in [5, 5.41) is 2.61. The fourth-order valence-corrected chi connectivity index (χ4v) is 1.95. The Bertz CT molecular complexity index is 537. The van der Waals surface area contributed by atoms with Gasteiger partial charge in [0.1, 0.15) is 4.75 Å². The summed E-state index contributed by atoms with van der Waals surface area (Å²) < 4.78 is 22.5. The molecule has 0 saturated carbocycles. The fourth-order valence-electron chi connectivity index (χ4n) is 1.02. The first-order chi connectivity index (χ1) is 7.64. The number of nitrogens with one attached hydrogen (secondary N) is 1. The molecule has 0 fully saturated rings. The van der Waals surface area contributed by atoms with Gasteiger partial charge in [-0.25, -0.2) is 8.42 Å². The lowest BCUT2D eigenvalue weighted by molar-refractivity contribution is -0.117. The molecule has 4 nitrogen and oxygen atoms in total. The molecule has 0 heterocycles. The molecule has 0 atom stereocenters. The SMILES string of the molecule is CC(C)(C(=O)Nc1cccc(I)c1)S(C)(=O)=O. The van der Waals surface area contributed by atoms with Crippen molar-refractivity contribution in [2.75, 3.05) is 11.6 Å². The maximum Gasteiger partial charge on any atom is 0.245 e. The zero-order chi connectivity index (χ0) is 13.3. The number of halogens is 1. The van der Waals surface area contributed by atoms with Gasteiger partial charge in [0.2, 0.25) is 5.91 Å². The maximum absolute atomic E-state index is 11.9. The maximum atomic E-state index is 11.9. The van der Waals surface area contributed by atoms with Crippen LogP contribution in [0.4, 0.5) is 5.69 Å². The highest BCUT2D eigenvalue weighted by Crippen LogP contribution is 2.19. The molecular formula is C11H14INO3S. The van der Waals surface area contributed by atoms with Crippen LogP contribution < -0.4 is 5.32 Å². The zero-order valence-electron chi connectivity index (χ0n) is 9.82. The standard InChI is InChI=1S/C11H14INO3S/c1-11(2,17(3,15)16)10(14)13-9-6-4-5-8(12)7-9/h4-7H,1-3H3,(H,13,14). The van der Waals surface area contributed by atoms with E-state index in [1.807, 2.05) is 6.07 Å². The smallest absolute Gasteiger partial charge is 0.245 e. The predicted molar refractivity (Wildman–Crippen MR) is 76.7 cm³/mol. The van der Waals surface area contributed by atoms with E-state index in [9.17, 15) is 13.2 Å². The molecule has 1 N–H and O–H groups in total. The Hall–Kier alpha value is -0.630. The first-order valence-corrected chi connectivity index (χ1v) is 7.88. The van der Waals surface area contributed by atoms with Crippen molar-refractivity contribution in [1.29, 1.82) is 0 Å². The van der Waals surface area contributed by atoms with Gasteiger partial charge in [-0.15, -0.1) is 0 Å². The van der Waals surface area contributed by atoms with Crippen molar-refractivity contribution in [2.24, 2.45) is 0 Å². The minimum atomic E-state index is -3.45. The van der Waals surface area contributed by atoms with Gasteiger partial charge in [-0.1, -0.05) is 6.07 Å². The van der Waals surface area contributed by atoms with Crippen LogP contribution in [0.3, 0.4) is 0 Å². The van der Waals surface area contributed by atoms with E-state index in [0.29, 0.717) is 5.69 Å². The molecule has 6 heteroatoms. The van der Waals surface area contributed by atoms with E-state index in [0.717, 1.165) is 9.83 Å². The molecule has 17 heavy (non-hydrogen) atoms. The Morgan fingerprint density at radius 1 is 1.35 bits per heavy atom. The van der Waals surface area contributed by atoms with E-state index in [1.54, 1.807) is 18.2 Å². The van der Waals surface area contributed by atoms with Crippen molar-refractivity contribution in [2.45, 2.75) is 18.6 Å². The minimum Gasteiger partial charge on any atom is -0.325 e. The summed E-state index contributed by atoms with van der Waals surface area (Å²) in [6.45, 7) is 2.79. The molecule has 0 aliphatic carbocycles. The summed E-state index contributed by atoms with van der Waals surface area (Å²) in [6, 6.07) is 7.18. The average molecular weight is 367 g/mol.